The Morgan fingerprint density at radius 3 is 2.35 bits per heavy atom. The van der Waals surface area contributed by atoms with E-state index in [1.54, 1.807) is 7.11 Å². The van der Waals surface area contributed by atoms with E-state index in [4.69, 9.17) is 4.74 Å². The van der Waals surface area contributed by atoms with Crippen LogP contribution >= 0.6 is 0 Å². The highest BCUT2D eigenvalue weighted by atomic mass is 16.5. The van der Waals surface area contributed by atoms with Crippen LogP contribution in [0.3, 0.4) is 0 Å². The fraction of sp³-hybridized carbons (Fsp3) is 0.923. The quantitative estimate of drug-likeness (QED) is 0.547. The highest BCUT2D eigenvalue weighted by Gasteiger charge is 2.11. The van der Waals surface area contributed by atoms with Gasteiger partial charge in [-0.1, -0.05) is 6.92 Å². The Hall–Kier alpha value is -0.610. The second-order valence-corrected chi connectivity index (χ2v) is 4.63. The van der Waals surface area contributed by atoms with Crippen LogP contribution < -0.4 is 0 Å². The summed E-state index contributed by atoms with van der Waals surface area (Å²) in [4.78, 5) is 16.1. The number of amides is 1. The van der Waals surface area contributed by atoms with Crippen LogP contribution in [0.25, 0.3) is 0 Å². The molecule has 0 fully saturated rings. The number of hydrogen-bond donors (Lipinski definition) is 0. The van der Waals surface area contributed by atoms with Gasteiger partial charge in [0.05, 0.1) is 0 Å². The first kappa shape index (κ1) is 16.4. The number of nitrogens with zero attached hydrogens (tertiary/aromatic N) is 2. The standard InChI is InChI=1S/C13H28N2O2/c1-5-9-15(11-7-10-14(2)3)13(16)8-6-12-17-4/h5-12H2,1-4H3. The number of rotatable bonds is 10. The van der Waals surface area contributed by atoms with E-state index >= 15 is 0 Å². The highest BCUT2D eigenvalue weighted by molar-refractivity contribution is 5.76. The zero-order valence-electron chi connectivity index (χ0n) is 11.9. The third-order valence-electron chi connectivity index (χ3n) is 2.62. The second-order valence-electron chi connectivity index (χ2n) is 4.63. The number of hydrogen-bond acceptors (Lipinski definition) is 3. The van der Waals surface area contributed by atoms with Gasteiger partial charge in [-0.25, -0.2) is 0 Å². The van der Waals surface area contributed by atoms with Crippen LogP contribution in [-0.4, -0.2) is 63.2 Å². The molecule has 0 bridgehead atoms. The minimum atomic E-state index is 0.266. The maximum absolute atomic E-state index is 11.9. The Labute approximate surface area is 106 Å². The van der Waals surface area contributed by atoms with Crippen molar-refractivity contribution < 1.29 is 9.53 Å². The van der Waals surface area contributed by atoms with Gasteiger partial charge >= 0.3 is 0 Å². The molecule has 1 amide bonds. The minimum absolute atomic E-state index is 0.266. The van der Waals surface area contributed by atoms with E-state index < -0.39 is 0 Å². The van der Waals surface area contributed by atoms with Gasteiger partial charge in [-0.15, -0.1) is 0 Å². The van der Waals surface area contributed by atoms with E-state index in [1.165, 1.54) is 0 Å². The third kappa shape index (κ3) is 9.12. The molecule has 0 rings (SSSR count). The molecule has 0 atom stereocenters. The van der Waals surface area contributed by atoms with Crippen molar-refractivity contribution in [2.75, 3.05) is 47.4 Å². The molecule has 4 heteroatoms. The molecule has 0 aliphatic carbocycles. The number of ether oxygens (including phenoxy) is 1. The van der Waals surface area contributed by atoms with Crippen molar-refractivity contribution in [1.29, 1.82) is 0 Å². The van der Waals surface area contributed by atoms with Crippen LogP contribution in [0.1, 0.15) is 32.6 Å². The molecule has 17 heavy (non-hydrogen) atoms. The molecule has 102 valence electrons. The third-order valence-corrected chi connectivity index (χ3v) is 2.62. The molecule has 0 heterocycles. The molecule has 0 N–H and O–H groups in total. The Kier molecular flexibility index (Phi) is 10.2. The summed E-state index contributed by atoms with van der Waals surface area (Å²) in [5, 5.41) is 0. The second kappa shape index (κ2) is 10.5. The molecular formula is C13H28N2O2. The van der Waals surface area contributed by atoms with Gasteiger partial charge in [-0.3, -0.25) is 4.79 Å². The zero-order chi connectivity index (χ0) is 13.1. The monoisotopic (exact) mass is 244 g/mol. The fourth-order valence-electron chi connectivity index (χ4n) is 1.73. The first-order chi connectivity index (χ1) is 8.11. The first-order valence-electron chi connectivity index (χ1n) is 6.53. The molecule has 0 saturated heterocycles. The molecule has 0 unspecified atom stereocenters. The van der Waals surface area contributed by atoms with Crippen LogP contribution in [0, 0.1) is 0 Å². The number of methoxy groups -OCH3 is 1. The average Bonchev–Trinajstić information content (AvgIpc) is 2.27. The van der Waals surface area contributed by atoms with Gasteiger partial charge in [0, 0.05) is 33.2 Å². The van der Waals surface area contributed by atoms with Gasteiger partial charge in [0.2, 0.25) is 5.91 Å². The van der Waals surface area contributed by atoms with Crippen molar-refractivity contribution in [2.24, 2.45) is 0 Å². The Morgan fingerprint density at radius 1 is 1.12 bits per heavy atom. The molecule has 0 radical (unpaired) electrons. The summed E-state index contributed by atoms with van der Waals surface area (Å²) in [6.45, 7) is 5.56. The SMILES string of the molecule is CCCN(CCCN(C)C)C(=O)CCCOC. The van der Waals surface area contributed by atoms with Crippen molar-refractivity contribution in [1.82, 2.24) is 9.80 Å². The lowest BCUT2D eigenvalue weighted by molar-refractivity contribution is -0.131. The summed E-state index contributed by atoms with van der Waals surface area (Å²) in [5.74, 6) is 0.266. The van der Waals surface area contributed by atoms with E-state index in [2.05, 4.69) is 25.9 Å². The normalized spacial score (nSPS) is 10.9. The molecule has 0 aliphatic rings. The molecule has 0 aromatic rings. The highest BCUT2D eigenvalue weighted by Crippen LogP contribution is 2.02. The average molecular weight is 244 g/mol. The van der Waals surface area contributed by atoms with Crippen LogP contribution in [-0.2, 0) is 9.53 Å². The lowest BCUT2D eigenvalue weighted by Crippen LogP contribution is -2.34. The van der Waals surface area contributed by atoms with Crippen molar-refractivity contribution in [3.05, 3.63) is 0 Å². The van der Waals surface area contributed by atoms with Crippen LogP contribution in [0.15, 0.2) is 0 Å². The summed E-state index contributed by atoms with van der Waals surface area (Å²) in [7, 11) is 5.79. The molecule has 0 aromatic carbocycles. The van der Waals surface area contributed by atoms with Crippen LogP contribution in [0.2, 0.25) is 0 Å². The largest absolute Gasteiger partial charge is 0.385 e. The summed E-state index contributed by atoms with van der Waals surface area (Å²) in [5.41, 5.74) is 0. The Bertz CT molecular complexity index is 196. The number of carbonyl (C=O) groups excluding carboxylic acids is 1. The van der Waals surface area contributed by atoms with E-state index in [1.807, 2.05) is 4.90 Å². The Balaban J connectivity index is 3.89. The lowest BCUT2D eigenvalue weighted by atomic mass is 10.2. The van der Waals surface area contributed by atoms with E-state index in [0.717, 1.165) is 38.9 Å². The topological polar surface area (TPSA) is 32.8 Å². The van der Waals surface area contributed by atoms with Crippen molar-refractivity contribution >= 4 is 5.91 Å². The minimum Gasteiger partial charge on any atom is -0.385 e. The molecule has 0 saturated carbocycles. The predicted octanol–water partition coefficient (Wildman–Crippen LogP) is 1.60. The fourth-order valence-corrected chi connectivity index (χ4v) is 1.73. The van der Waals surface area contributed by atoms with Gasteiger partial charge in [0.15, 0.2) is 0 Å². The summed E-state index contributed by atoms with van der Waals surface area (Å²) in [6, 6.07) is 0. The number of carbonyl (C=O) groups is 1. The Morgan fingerprint density at radius 2 is 1.82 bits per heavy atom. The summed E-state index contributed by atoms with van der Waals surface area (Å²) in [6.07, 6.45) is 3.50. The smallest absolute Gasteiger partial charge is 0.222 e. The van der Waals surface area contributed by atoms with Gasteiger partial charge in [-0.05, 0) is 39.9 Å². The van der Waals surface area contributed by atoms with E-state index in [-0.39, 0.29) is 5.91 Å². The summed E-state index contributed by atoms with van der Waals surface area (Å²) >= 11 is 0. The van der Waals surface area contributed by atoms with Crippen molar-refractivity contribution in [3.63, 3.8) is 0 Å². The molecular weight excluding hydrogens is 216 g/mol. The van der Waals surface area contributed by atoms with Crippen LogP contribution in [0.4, 0.5) is 0 Å². The maximum Gasteiger partial charge on any atom is 0.222 e. The summed E-state index contributed by atoms with van der Waals surface area (Å²) < 4.78 is 4.97. The van der Waals surface area contributed by atoms with E-state index in [9.17, 15) is 4.79 Å². The van der Waals surface area contributed by atoms with Crippen molar-refractivity contribution in [3.8, 4) is 0 Å². The molecule has 0 spiro atoms. The molecule has 0 aromatic heterocycles. The molecule has 0 aliphatic heterocycles. The lowest BCUT2D eigenvalue weighted by Gasteiger charge is -2.23. The first-order valence-corrected chi connectivity index (χ1v) is 6.53. The van der Waals surface area contributed by atoms with Gasteiger partial charge in [-0.2, -0.15) is 0 Å². The van der Waals surface area contributed by atoms with Gasteiger partial charge in [0.25, 0.3) is 0 Å². The van der Waals surface area contributed by atoms with Crippen LogP contribution in [0.5, 0.6) is 0 Å². The van der Waals surface area contributed by atoms with E-state index in [0.29, 0.717) is 13.0 Å². The molecule has 4 nitrogen and oxygen atoms in total. The van der Waals surface area contributed by atoms with Crippen molar-refractivity contribution in [2.45, 2.75) is 32.6 Å². The van der Waals surface area contributed by atoms with Gasteiger partial charge < -0.3 is 14.5 Å². The maximum atomic E-state index is 11.9. The predicted molar refractivity (Wildman–Crippen MR) is 71.2 cm³/mol. The van der Waals surface area contributed by atoms with Gasteiger partial charge in [0.1, 0.15) is 0 Å². The zero-order valence-corrected chi connectivity index (χ0v) is 11.9.